The van der Waals surface area contributed by atoms with E-state index in [1.807, 2.05) is 33.8 Å². The zero-order chi connectivity index (χ0) is 17.4. The van der Waals surface area contributed by atoms with E-state index < -0.39 is 0 Å². The highest BCUT2D eigenvalue weighted by molar-refractivity contribution is 5.05. The lowest BCUT2D eigenvalue weighted by Gasteiger charge is -1.99. The standard InChI is InChI=1S/2C6H9N3.2C2H6.CH4/c1-5(2)6-3-7-9-8-4-6;1-5(2)6-3-4-7-9-8-6;2*1-2;/h2*3-5H,1-2H3;2*1-2H3;1H4. The van der Waals surface area contributed by atoms with Crippen LogP contribution in [0.1, 0.15) is 85.9 Å². The van der Waals surface area contributed by atoms with Gasteiger partial charge in [-0.2, -0.15) is 0 Å². The highest BCUT2D eigenvalue weighted by atomic mass is 15.3. The van der Waals surface area contributed by atoms with Gasteiger partial charge in [-0.25, -0.2) is 0 Å². The van der Waals surface area contributed by atoms with E-state index in [-0.39, 0.29) is 7.43 Å². The molecule has 0 amide bonds. The topological polar surface area (TPSA) is 77.3 Å². The molecule has 0 saturated carbocycles. The quantitative estimate of drug-likeness (QED) is 0.799. The van der Waals surface area contributed by atoms with Gasteiger partial charge in [0, 0.05) is 0 Å². The number of hydrogen-bond acceptors (Lipinski definition) is 6. The minimum absolute atomic E-state index is 0. The number of hydrogen-bond donors (Lipinski definition) is 0. The van der Waals surface area contributed by atoms with Crippen molar-refractivity contribution in [2.45, 2.75) is 74.7 Å². The molecule has 132 valence electrons. The molecule has 0 atom stereocenters. The molecule has 2 aromatic rings. The smallest absolute Gasteiger partial charge is 0.0690 e. The van der Waals surface area contributed by atoms with Crippen molar-refractivity contribution >= 4 is 0 Å². The van der Waals surface area contributed by atoms with Gasteiger partial charge in [-0.3, -0.25) is 0 Å². The molecule has 23 heavy (non-hydrogen) atoms. The van der Waals surface area contributed by atoms with Gasteiger partial charge in [-0.15, -0.1) is 20.4 Å². The zero-order valence-electron chi connectivity index (χ0n) is 15.1. The van der Waals surface area contributed by atoms with Crippen LogP contribution < -0.4 is 0 Å². The molecule has 0 saturated heterocycles. The molecule has 0 aliphatic carbocycles. The van der Waals surface area contributed by atoms with Gasteiger partial charge >= 0.3 is 0 Å². The molecule has 0 bridgehead atoms. The summed E-state index contributed by atoms with van der Waals surface area (Å²) in [6.07, 6.45) is 5.12. The third-order valence-corrected chi connectivity index (χ3v) is 2.30. The Morgan fingerprint density at radius 1 is 0.739 bits per heavy atom. The van der Waals surface area contributed by atoms with Crippen LogP contribution in [0, 0.1) is 0 Å². The molecule has 2 heterocycles. The lowest BCUT2D eigenvalue weighted by molar-refractivity contribution is 0.741. The average Bonchev–Trinajstić information content (AvgIpc) is 2.60. The second-order valence-corrected chi connectivity index (χ2v) is 4.43. The van der Waals surface area contributed by atoms with E-state index in [4.69, 9.17) is 0 Å². The summed E-state index contributed by atoms with van der Waals surface area (Å²) in [4.78, 5) is 0. The lowest BCUT2D eigenvalue weighted by Crippen LogP contribution is -1.94. The molecule has 0 aliphatic heterocycles. The minimum Gasteiger partial charge on any atom is -0.139 e. The maximum absolute atomic E-state index is 3.82. The Morgan fingerprint density at radius 2 is 1.26 bits per heavy atom. The van der Waals surface area contributed by atoms with Crippen LogP contribution in [-0.2, 0) is 0 Å². The Morgan fingerprint density at radius 3 is 1.52 bits per heavy atom. The summed E-state index contributed by atoms with van der Waals surface area (Å²) in [5, 5.41) is 21.6. The first-order chi connectivity index (χ1) is 10.6. The summed E-state index contributed by atoms with van der Waals surface area (Å²) >= 11 is 0. The monoisotopic (exact) mass is 322 g/mol. The van der Waals surface area contributed by atoms with Crippen LogP contribution in [0.2, 0.25) is 0 Å². The molecule has 0 aromatic carbocycles. The van der Waals surface area contributed by atoms with Crippen molar-refractivity contribution in [2.24, 2.45) is 0 Å². The summed E-state index contributed by atoms with van der Waals surface area (Å²) in [5.41, 5.74) is 2.12. The maximum Gasteiger partial charge on any atom is 0.0690 e. The van der Waals surface area contributed by atoms with E-state index >= 15 is 0 Å². The van der Waals surface area contributed by atoms with Crippen molar-refractivity contribution in [1.82, 2.24) is 30.8 Å². The van der Waals surface area contributed by atoms with Crippen molar-refractivity contribution in [1.29, 1.82) is 0 Å². The van der Waals surface area contributed by atoms with Crippen LogP contribution in [0.25, 0.3) is 0 Å². The summed E-state index contributed by atoms with van der Waals surface area (Å²) in [7, 11) is 0. The molecule has 0 unspecified atom stereocenters. The molecule has 0 spiro atoms. The molecular formula is C17H34N6. The van der Waals surface area contributed by atoms with Crippen LogP contribution in [0.15, 0.2) is 24.7 Å². The Bertz CT molecular complexity index is 388. The summed E-state index contributed by atoms with van der Waals surface area (Å²) < 4.78 is 0. The van der Waals surface area contributed by atoms with E-state index in [9.17, 15) is 0 Å². The molecule has 0 fully saturated rings. The van der Waals surface area contributed by atoms with Gasteiger partial charge < -0.3 is 0 Å². The van der Waals surface area contributed by atoms with Gasteiger partial charge in [-0.1, -0.05) is 62.8 Å². The fraction of sp³-hybridized carbons (Fsp3) is 0.647. The fourth-order valence-corrected chi connectivity index (χ4v) is 1.10. The highest BCUT2D eigenvalue weighted by Gasteiger charge is 1.97. The molecule has 2 rings (SSSR count). The fourth-order valence-electron chi connectivity index (χ4n) is 1.10. The van der Waals surface area contributed by atoms with Crippen LogP contribution in [-0.4, -0.2) is 30.8 Å². The number of nitrogens with zero attached hydrogens (tertiary/aromatic N) is 6. The summed E-state index contributed by atoms with van der Waals surface area (Å²) in [6.45, 7) is 16.3. The van der Waals surface area contributed by atoms with Crippen molar-refractivity contribution in [2.75, 3.05) is 0 Å². The summed E-state index contributed by atoms with van der Waals surface area (Å²) in [5.74, 6) is 0.938. The number of aromatic nitrogens is 6. The van der Waals surface area contributed by atoms with Crippen molar-refractivity contribution in [3.63, 3.8) is 0 Å². The second kappa shape index (κ2) is 18.1. The van der Waals surface area contributed by atoms with Crippen LogP contribution in [0.4, 0.5) is 0 Å². The molecule has 0 N–H and O–H groups in total. The largest absolute Gasteiger partial charge is 0.139 e. The van der Waals surface area contributed by atoms with Crippen LogP contribution >= 0.6 is 0 Å². The Balaban J connectivity index is -0.000000276. The minimum atomic E-state index is 0. The van der Waals surface area contributed by atoms with Gasteiger partial charge in [0.2, 0.25) is 0 Å². The average molecular weight is 323 g/mol. The van der Waals surface area contributed by atoms with Gasteiger partial charge in [0.1, 0.15) is 0 Å². The molecule has 6 nitrogen and oxygen atoms in total. The van der Waals surface area contributed by atoms with Gasteiger partial charge in [0.05, 0.1) is 24.3 Å². The third-order valence-electron chi connectivity index (χ3n) is 2.30. The molecule has 2 aromatic heterocycles. The van der Waals surface area contributed by atoms with Gasteiger partial charge in [0.25, 0.3) is 0 Å². The SMILES string of the molecule is C.CC.CC.CC(C)c1ccnnn1.CC(C)c1cnnnc1. The molecular weight excluding hydrogens is 288 g/mol. The first kappa shape index (κ1) is 25.9. The molecule has 0 aliphatic rings. The van der Waals surface area contributed by atoms with Gasteiger partial charge in [-0.05, 0) is 33.9 Å². The molecule has 6 heteroatoms. The van der Waals surface area contributed by atoms with Crippen LogP contribution in [0.3, 0.4) is 0 Å². The molecule has 0 radical (unpaired) electrons. The van der Waals surface area contributed by atoms with E-state index in [0.29, 0.717) is 11.8 Å². The predicted octanol–water partition coefficient (Wildman–Crippen LogP) is 4.68. The van der Waals surface area contributed by atoms with E-state index in [1.54, 1.807) is 18.6 Å². The maximum atomic E-state index is 3.82. The first-order valence-corrected chi connectivity index (χ1v) is 7.88. The number of rotatable bonds is 2. The van der Waals surface area contributed by atoms with Crippen molar-refractivity contribution in [3.8, 4) is 0 Å². The van der Waals surface area contributed by atoms with E-state index in [1.165, 1.54) is 0 Å². The first-order valence-electron chi connectivity index (χ1n) is 7.88. The van der Waals surface area contributed by atoms with Crippen LogP contribution in [0.5, 0.6) is 0 Å². The Hall–Kier alpha value is -1.98. The lowest BCUT2D eigenvalue weighted by atomic mass is 10.1. The van der Waals surface area contributed by atoms with Gasteiger partial charge in [0.15, 0.2) is 0 Å². The second-order valence-electron chi connectivity index (χ2n) is 4.43. The van der Waals surface area contributed by atoms with E-state index in [0.717, 1.165) is 11.3 Å². The van der Waals surface area contributed by atoms with Crippen molar-refractivity contribution < 1.29 is 0 Å². The van der Waals surface area contributed by atoms with Crippen molar-refractivity contribution in [3.05, 3.63) is 35.9 Å². The highest BCUT2D eigenvalue weighted by Crippen LogP contribution is 2.08. The Kier molecular flexibility index (Phi) is 20.4. The predicted molar refractivity (Wildman–Crippen MR) is 97.3 cm³/mol. The zero-order valence-corrected chi connectivity index (χ0v) is 15.1. The van der Waals surface area contributed by atoms with E-state index in [2.05, 4.69) is 58.5 Å². The normalized spacial score (nSPS) is 8.43. The third kappa shape index (κ3) is 13.4. The summed E-state index contributed by atoms with van der Waals surface area (Å²) in [6, 6.07) is 1.87. The Labute approximate surface area is 142 Å².